The van der Waals surface area contributed by atoms with Crippen LogP contribution in [0.4, 0.5) is 15.2 Å². The van der Waals surface area contributed by atoms with Gasteiger partial charge in [0.15, 0.2) is 4.34 Å². The van der Waals surface area contributed by atoms with Crippen LogP contribution in [0.3, 0.4) is 0 Å². The number of benzene rings is 2. The first-order valence-corrected chi connectivity index (χ1v) is 9.18. The summed E-state index contributed by atoms with van der Waals surface area (Å²) in [4.78, 5) is 0. The number of rotatable bonds is 7. The lowest BCUT2D eigenvalue weighted by atomic mass is 10.2. The highest BCUT2D eigenvalue weighted by Crippen LogP contribution is 2.33. The first kappa shape index (κ1) is 17.5. The highest BCUT2D eigenvalue weighted by atomic mass is 32.2. The van der Waals surface area contributed by atoms with E-state index >= 15 is 0 Å². The molecule has 2 aromatic carbocycles. The standard InChI is InChI=1S/C17H16FN3O2S2/c1-22-14-6-7-15(23-2)11(8-14)10-24-17-21-20-16(25-17)19-13-5-3-4-12(18)9-13/h3-9H,10H2,1-2H3,(H,19,20). The molecule has 0 saturated carbocycles. The van der Waals surface area contributed by atoms with Gasteiger partial charge in [0, 0.05) is 17.0 Å². The molecule has 0 unspecified atom stereocenters. The second-order valence-electron chi connectivity index (χ2n) is 4.97. The summed E-state index contributed by atoms with van der Waals surface area (Å²) >= 11 is 2.96. The number of aromatic nitrogens is 2. The molecule has 130 valence electrons. The summed E-state index contributed by atoms with van der Waals surface area (Å²) in [5, 5.41) is 11.9. The zero-order valence-corrected chi connectivity index (χ0v) is 15.3. The summed E-state index contributed by atoms with van der Waals surface area (Å²) in [7, 11) is 3.27. The van der Waals surface area contributed by atoms with Crippen LogP contribution in [0.2, 0.25) is 0 Å². The fourth-order valence-corrected chi connectivity index (χ4v) is 3.89. The van der Waals surface area contributed by atoms with E-state index in [0.29, 0.717) is 16.6 Å². The van der Waals surface area contributed by atoms with E-state index in [9.17, 15) is 4.39 Å². The van der Waals surface area contributed by atoms with Crippen molar-refractivity contribution < 1.29 is 13.9 Å². The zero-order chi connectivity index (χ0) is 17.6. The van der Waals surface area contributed by atoms with E-state index < -0.39 is 0 Å². The number of halogens is 1. The van der Waals surface area contributed by atoms with Gasteiger partial charge in [0.25, 0.3) is 0 Å². The molecule has 0 amide bonds. The van der Waals surface area contributed by atoms with Crippen LogP contribution < -0.4 is 14.8 Å². The van der Waals surface area contributed by atoms with Crippen molar-refractivity contribution in [3.8, 4) is 11.5 Å². The van der Waals surface area contributed by atoms with Crippen molar-refractivity contribution in [2.75, 3.05) is 19.5 Å². The first-order valence-electron chi connectivity index (χ1n) is 7.37. The van der Waals surface area contributed by atoms with Crippen LogP contribution in [0.1, 0.15) is 5.56 Å². The third-order valence-electron chi connectivity index (χ3n) is 3.32. The van der Waals surface area contributed by atoms with Crippen molar-refractivity contribution in [3.63, 3.8) is 0 Å². The Kier molecular flexibility index (Phi) is 5.72. The molecule has 0 aliphatic heterocycles. The van der Waals surface area contributed by atoms with E-state index in [2.05, 4.69) is 15.5 Å². The molecule has 5 nitrogen and oxygen atoms in total. The highest BCUT2D eigenvalue weighted by Gasteiger charge is 2.10. The van der Waals surface area contributed by atoms with Crippen LogP contribution in [-0.2, 0) is 5.75 Å². The molecular weight excluding hydrogens is 361 g/mol. The van der Waals surface area contributed by atoms with E-state index in [-0.39, 0.29) is 5.82 Å². The molecule has 0 spiro atoms. The fourth-order valence-electron chi connectivity index (χ4n) is 2.14. The number of hydrogen-bond acceptors (Lipinski definition) is 7. The van der Waals surface area contributed by atoms with Gasteiger partial charge in [-0.25, -0.2) is 4.39 Å². The maximum absolute atomic E-state index is 13.2. The summed E-state index contributed by atoms with van der Waals surface area (Å²) in [5.74, 6) is 1.96. The minimum atomic E-state index is -0.297. The summed E-state index contributed by atoms with van der Waals surface area (Å²) in [6.45, 7) is 0. The smallest absolute Gasteiger partial charge is 0.210 e. The molecular formula is C17H16FN3O2S2. The van der Waals surface area contributed by atoms with Gasteiger partial charge in [-0.2, -0.15) is 0 Å². The maximum atomic E-state index is 13.2. The monoisotopic (exact) mass is 377 g/mol. The number of methoxy groups -OCH3 is 2. The summed E-state index contributed by atoms with van der Waals surface area (Å²) < 4.78 is 24.7. The quantitative estimate of drug-likeness (QED) is 0.601. The number of anilines is 2. The predicted molar refractivity (Wildman–Crippen MR) is 98.7 cm³/mol. The van der Waals surface area contributed by atoms with Crippen molar-refractivity contribution in [2.45, 2.75) is 10.1 Å². The van der Waals surface area contributed by atoms with E-state index in [1.54, 1.807) is 38.1 Å². The number of ether oxygens (including phenoxy) is 2. The van der Waals surface area contributed by atoms with Gasteiger partial charge >= 0.3 is 0 Å². The lowest BCUT2D eigenvalue weighted by Crippen LogP contribution is -1.92. The molecule has 0 aliphatic carbocycles. The van der Waals surface area contributed by atoms with Gasteiger partial charge in [-0.15, -0.1) is 10.2 Å². The average molecular weight is 377 g/mol. The summed E-state index contributed by atoms with van der Waals surface area (Å²) in [6, 6.07) is 11.9. The van der Waals surface area contributed by atoms with E-state index in [1.807, 2.05) is 18.2 Å². The topological polar surface area (TPSA) is 56.3 Å². The van der Waals surface area contributed by atoms with Crippen LogP contribution in [0.25, 0.3) is 0 Å². The minimum absolute atomic E-state index is 0.297. The molecule has 1 heterocycles. The minimum Gasteiger partial charge on any atom is -0.497 e. The first-order chi connectivity index (χ1) is 12.2. The third-order valence-corrected chi connectivity index (χ3v) is 5.34. The fraction of sp³-hybridized carbons (Fsp3) is 0.176. The zero-order valence-electron chi connectivity index (χ0n) is 13.7. The van der Waals surface area contributed by atoms with Crippen molar-refractivity contribution in [2.24, 2.45) is 0 Å². The Morgan fingerprint density at radius 2 is 2.00 bits per heavy atom. The second kappa shape index (κ2) is 8.17. The molecule has 1 aromatic heterocycles. The number of hydrogen-bond donors (Lipinski definition) is 1. The van der Waals surface area contributed by atoms with Crippen molar-refractivity contribution in [1.82, 2.24) is 10.2 Å². The molecule has 25 heavy (non-hydrogen) atoms. The largest absolute Gasteiger partial charge is 0.497 e. The third kappa shape index (κ3) is 4.61. The molecule has 3 aromatic rings. The Balaban J connectivity index is 1.66. The predicted octanol–water partition coefficient (Wildman–Crippen LogP) is 4.73. The van der Waals surface area contributed by atoms with Crippen LogP contribution in [-0.4, -0.2) is 24.4 Å². The van der Waals surface area contributed by atoms with Gasteiger partial charge in [0.05, 0.1) is 14.2 Å². The molecule has 0 radical (unpaired) electrons. The van der Waals surface area contributed by atoms with Crippen molar-refractivity contribution in [3.05, 3.63) is 53.8 Å². The molecule has 0 saturated heterocycles. The Hall–Kier alpha value is -2.32. The highest BCUT2D eigenvalue weighted by molar-refractivity contribution is 8.00. The summed E-state index contributed by atoms with van der Waals surface area (Å²) in [6.07, 6.45) is 0. The SMILES string of the molecule is COc1ccc(OC)c(CSc2nnc(Nc3cccc(F)c3)s2)c1. The van der Waals surface area contributed by atoms with Gasteiger partial charge in [0.2, 0.25) is 5.13 Å². The van der Waals surface area contributed by atoms with Crippen molar-refractivity contribution >= 4 is 33.9 Å². The van der Waals surface area contributed by atoms with E-state index in [4.69, 9.17) is 9.47 Å². The normalized spacial score (nSPS) is 10.5. The molecule has 8 heteroatoms. The van der Waals surface area contributed by atoms with Crippen LogP contribution in [0, 0.1) is 5.82 Å². The van der Waals surface area contributed by atoms with Crippen molar-refractivity contribution in [1.29, 1.82) is 0 Å². The lowest BCUT2D eigenvalue weighted by Gasteiger charge is -2.09. The Morgan fingerprint density at radius 3 is 2.76 bits per heavy atom. The molecule has 3 rings (SSSR count). The molecule has 0 atom stereocenters. The average Bonchev–Trinajstić information content (AvgIpc) is 3.07. The molecule has 0 bridgehead atoms. The Morgan fingerprint density at radius 1 is 1.12 bits per heavy atom. The number of nitrogens with one attached hydrogen (secondary N) is 1. The lowest BCUT2D eigenvalue weighted by molar-refractivity contribution is 0.400. The van der Waals surface area contributed by atoms with E-state index in [0.717, 1.165) is 21.4 Å². The second-order valence-corrected chi connectivity index (χ2v) is 7.17. The van der Waals surface area contributed by atoms with Crippen LogP contribution in [0.5, 0.6) is 11.5 Å². The van der Waals surface area contributed by atoms with Crippen LogP contribution >= 0.6 is 23.1 Å². The Labute approximate surface area is 153 Å². The van der Waals surface area contributed by atoms with Gasteiger partial charge in [-0.1, -0.05) is 29.2 Å². The molecule has 0 fully saturated rings. The molecule has 0 aliphatic rings. The van der Waals surface area contributed by atoms with Gasteiger partial charge < -0.3 is 14.8 Å². The van der Waals surface area contributed by atoms with Gasteiger partial charge in [-0.05, 0) is 36.4 Å². The Bertz CT molecular complexity index is 857. The van der Waals surface area contributed by atoms with Gasteiger partial charge in [0.1, 0.15) is 17.3 Å². The maximum Gasteiger partial charge on any atom is 0.210 e. The number of nitrogens with zero attached hydrogens (tertiary/aromatic N) is 2. The van der Waals surface area contributed by atoms with Crippen LogP contribution in [0.15, 0.2) is 46.8 Å². The van der Waals surface area contributed by atoms with E-state index in [1.165, 1.54) is 23.5 Å². The molecule has 1 N–H and O–H groups in total. The number of thioether (sulfide) groups is 1. The van der Waals surface area contributed by atoms with Gasteiger partial charge in [-0.3, -0.25) is 0 Å². The summed E-state index contributed by atoms with van der Waals surface area (Å²) in [5.41, 5.74) is 1.66.